The first kappa shape index (κ1) is 29.7. The van der Waals surface area contributed by atoms with Gasteiger partial charge in [0.2, 0.25) is 0 Å². The number of rotatable bonds is 5. The average Bonchev–Trinajstić information content (AvgIpc) is 3.75. The molecule has 0 N–H and O–H groups in total. The summed E-state index contributed by atoms with van der Waals surface area (Å²) in [6, 6.07) is 40.8. The number of furan rings is 2. The van der Waals surface area contributed by atoms with Gasteiger partial charge in [-0.2, -0.15) is 0 Å². The molecule has 50 heavy (non-hydrogen) atoms. The van der Waals surface area contributed by atoms with Crippen LogP contribution in [0.4, 0.5) is 0 Å². The average molecular weight is 643 g/mol. The van der Waals surface area contributed by atoms with E-state index in [2.05, 4.69) is 135 Å². The van der Waals surface area contributed by atoms with Crippen LogP contribution in [0.3, 0.4) is 0 Å². The Morgan fingerprint density at radius 3 is 2.02 bits per heavy atom. The van der Waals surface area contributed by atoms with Crippen molar-refractivity contribution >= 4 is 65.8 Å². The van der Waals surface area contributed by atoms with Gasteiger partial charge in [-0.25, -0.2) is 0 Å². The molecule has 0 unspecified atom stereocenters. The van der Waals surface area contributed by atoms with Crippen LogP contribution in [0.15, 0.2) is 185 Å². The number of hydrogen-bond acceptors (Lipinski definition) is 2. The molecule has 0 amide bonds. The van der Waals surface area contributed by atoms with Crippen molar-refractivity contribution in [2.24, 2.45) is 0 Å². The van der Waals surface area contributed by atoms with Gasteiger partial charge in [-0.3, -0.25) is 0 Å². The Labute approximate surface area is 290 Å². The number of benzene rings is 6. The van der Waals surface area contributed by atoms with Gasteiger partial charge >= 0.3 is 0 Å². The Kier molecular flexibility index (Phi) is 7.29. The summed E-state index contributed by atoms with van der Waals surface area (Å²) >= 11 is 0. The van der Waals surface area contributed by atoms with Gasteiger partial charge in [0.05, 0.1) is 0 Å². The maximum Gasteiger partial charge on any atom is 0.143 e. The first-order valence-corrected chi connectivity index (χ1v) is 17.1. The lowest BCUT2D eigenvalue weighted by Gasteiger charge is -2.11. The van der Waals surface area contributed by atoms with Crippen LogP contribution in [0.2, 0.25) is 0 Å². The topological polar surface area (TPSA) is 26.3 Å². The molecule has 2 heteroatoms. The molecule has 0 saturated carbocycles. The van der Waals surface area contributed by atoms with Crippen LogP contribution in [0, 0.1) is 0 Å². The number of hydrogen-bond donors (Lipinski definition) is 0. The van der Waals surface area contributed by atoms with E-state index in [4.69, 9.17) is 8.83 Å². The van der Waals surface area contributed by atoms with Crippen molar-refractivity contribution in [3.05, 3.63) is 193 Å². The second-order valence-corrected chi connectivity index (χ2v) is 12.8. The molecule has 9 rings (SSSR count). The van der Waals surface area contributed by atoms with Crippen LogP contribution in [0.25, 0.3) is 76.9 Å². The maximum atomic E-state index is 6.65. The second kappa shape index (κ2) is 12.3. The molecule has 0 fully saturated rings. The number of fused-ring (bicyclic) bond motifs is 10. The van der Waals surface area contributed by atoms with Gasteiger partial charge < -0.3 is 8.83 Å². The van der Waals surface area contributed by atoms with Gasteiger partial charge in [-0.15, -0.1) is 0 Å². The summed E-state index contributed by atoms with van der Waals surface area (Å²) in [6.45, 7) is 8.26. The Morgan fingerprint density at radius 1 is 0.580 bits per heavy atom. The molecule has 0 bridgehead atoms. The van der Waals surface area contributed by atoms with Crippen molar-refractivity contribution in [3.63, 3.8) is 0 Å². The predicted octanol–water partition coefficient (Wildman–Crippen LogP) is 11.9. The van der Waals surface area contributed by atoms with Crippen molar-refractivity contribution in [3.8, 4) is 11.1 Å². The number of allylic oxidation sites excluding steroid dienone is 8. The molecule has 0 spiro atoms. The molecule has 1 aliphatic carbocycles. The summed E-state index contributed by atoms with van der Waals surface area (Å²) in [5, 5.41) is 8.99. The highest BCUT2D eigenvalue weighted by molar-refractivity contribution is 6.27. The van der Waals surface area contributed by atoms with Crippen LogP contribution in [0.1, 0.15) is 18.4 Å². The van der Waals surface area contributed by atoms with E-state index in [0.29, 0.717) is 0 Å². The van der Waals surface area contributed by atoms with E-state index in [-0.39, 0.29) is 0 Å². The lowest BCUT2D eigenvalue weighted by Crippen LogP contribution is -2.29. The minimum atomic E-state index is 0.877. The summed E-state index contributed by atoms with van der Waals surface area (Å²) in [5.41, 5.74) is 10.1. The van der Waals surface area contributed by atoms with E-state index >= 15 is 0 Å². The molecule has 0 atom stereocenters. The van der Waals surface area contributed by atoms with Crippen LogP contribution in [0.5, 0.6) is 0 Å². The monoisotopic (exact) mass is 642 g/mol. The molecule has 238 valence electrons. The fourth-order valence-electron chi connectivity index (χ4n) is 7.46. The van der Waals surface area contributed by atoms with E-state index in [1.165, 1.54) is 10.8 Å². The second-order valence-electron chi connectivity index (χ2n) is 12.8. The predicted molar refractivity (Wildman–Crippen MR) is 212 cm³/mol. The van der Waals surface area contributed by atoms with Crippen molar-refractivity contribution in [2.45, 2.75) is 12.8 Å². The van der Waals surface area contributed by atoms with Crippen molar-refractivity contribution in [2.75, 3.05) is 0 Å². The zero-order valence-corrected chi connectivity index (χ0v) is 27.7. The zero-order chi connectivity index (χ0) is 33.6. The molecular formula is C48H34O2. The number of para-hydroxylation sites is 2. The highest BCUT2D eigenvalue weighted by atomic mass is 16.3. The third-order valence-corrected chi connectivity index (χ3v) is 9.85. The summed E-state index contributed by atoms with van der Waals surface area (Å²) < 4.78 is 13.2. The Morgan fingerprint density at radius 2 is 1.22 bits per heavy atom. The van der Waals surface area contributed by atoms with Gasteiger partial charge in [0, 0.05) is 32.5 Å². The van der Waals surface area contributed by atoms with E-state index in [1.807, 2.05) is 30.4 Å². The zero-order valence-electron chi connectivity index (χ0n) is 27.7. The van der Waals surface area contributed by atoms with E-state index < -0.39 is 0 Å². The summed E-state index contributed by atoms with van der Waals surface area (Å²) in [7, 11) is 0. The quantitative estimate of drug-likeness (QED) is 0.175. The van der Waals surface area contributed by atoms with Gasteiger partial charge in [0.25, 0.3) is 0 Å². The summed E-state index contributed by atoms with van der Waals surface area (Å²) in [5.74, 6) is 0. The third kappa shape index (κ3) is 4.88. The Bertz CT molecular complexity index is 2880. The Hall–Kier alpha value is -6.38. The molecule has 2 nitrogen and oxygen atoms in total. The molecule has 0 aliphatic heterocycles. The first-order chi connectivity index (χ1) is 24.7. The van der Waals surface area contributed by atoms with Crippen LogP contribution < -0.4 is 10.4 Å². The van der Waals surface area contributed by atoms with Crippen LogP contribution >= 0.6 is 0 Å². The minimum Gasteiger partial charge on any atom is -0.455 e. The molecule has 8 aromatic rings. The lowest BCUT2D eigenvalue weighted by atomic mass is 9.92. The molecule has 2 heterocycles. The minimum absolute atomic E-state index is 0.877. The van der Waals surface area contributed by atoms with Crippen LogP contribution in [-0.2, 0) is 0 Å². The van der Waals surface area contributed by atoms with Gasteiger partial charge in [-0.05, 0) is 80.8 Å². The summed E-state index contributed by atoms with van der Waals surface area (Å²) in [4.78, 5) is 0. The molecule has 2 aromatic heterocycles. The highest BCUT2D eigenvalue weighted by Crippen LogP contribution is 2.44. The van der Waals surface area contributed by atoms with Crippen molar-refractivity contribution in [1.82, 2.24) is 0 Å². The Balaban J connectivity index is 1.29. The van der Waals surface area contributed by atoms with Crippen molar-refractivity contribution < 1.29 is 8.83 Å². The fraction of sp³-hybridized carbons (Fsp3) is 0.0417. The SMILES string of the molecule is C=C/C=C\C(=C)C1=c2cccc/c2=C(c2ccc(-c3cc4c(ccc5c6ccccc6oc54)c4c3oc3ccccc34)cc2)/C=C/CCC=C1. The standard InChI is InChI=1S/C48H34O2/c1-3-4-15-31(2)34-16-7-5-6-8-17-35(37-19-10-9-18-36(34)37)32-24-26-33(27-25-32)42-30-43-39(46-41-21-12-14-23-45(41)50-48(42)46)28-29-40-38-20-11-13-22-44(38)49-47(40)43/h3-4,7-30H,1-2,5-6H2/b15-4-,16-7?,17-8+,36-34?,37-35+. The normalized spacial score (nSPS) is 15.4. The summed E-state index contributed by atoms with van der Waals surface area (Å²) in [6.07, 6.45) is 16.7. The first-order valence-electron chi connectivity index (χ1n) is 17.1. The van der Waals surface area contributed by atoms with Crippen molar-refractivity contribution in [1.29, 1.82) is 0 Å². The smallest absolute Gasteiger partial charge is 0.143 e. The van der Waals surface area contributed by atoms with Gasteiger partial charge in [-0.1, -0.05) is 147 Å². The van der Waals surface area contributed by atoms with E-state index in [1.54, 1.807) is 6.08 Å². The van der Waals surface area contributed by atoms with Gasteiger partial charge in [0.1, 0.15) is 22.3 Å². The molecule has 0 radical (unpaired) electrons. The maximum absolute atomic E-state index is 6.65. The molecule has 0 saturated heterocycles. The van der Waals surface area contributed by atoms with Gasteiger partial charge in [0.15, 0.2) is 0 Å². The lowest BCUT2D eigenvalue weighted by molar-refractivity contribution is 0.670. The third-order valence-electron chi connectivity index (χ3n) is 9.85. The molecule has 1 aliphatic rings. The molecule has 6 aromatic carbocycles. The van der Waals surface area contributed by atoms with Crippen LogP contribution in [-0.4, -0.2) is 0 Å². The van der Waals surface area contributed by atoms with E-state index in [9.17, 15) is 0 Å². The highest BCUT2D eigenvalue weighted by Gasteiger charge is 2.20. The largest absolute Gasteiger partial charge is 0.455 e. The molecular weight excluding hydrogens is 609 g/mol. The van der Waals surface area contributed by atoms with E-state index in [0.717, 1.165) is 101 Å². The fourth-order valence-corrected chi connectivity index (χ4v) is 7.46.